The van der Waals surface area contributed by atoms with E-state index in [9.17, 15) is 9.59 Å². The predicted octanol–water partition coefficient (Wildman–Crippen LogP) is 3.33. The Morgan fingerprint density at radius 1 is 1.10 bits per heavy atom. The Labute approximate surface area is 179 Å². The summed E-state index contributed by atoms with van der Waals surface area (Å²) in [5, 5.41) is 2.86. The molecule has 7 heteroatoms. The Morgan fingerprint density at radius 2 is 1.83 bits per heavy atom. The van der Waals surface area contributed by atoms with Gasteiger partial charge >= 0.3 is 0 Å². The van der Waals surface area contributed by atoms with Gasteiger partial charge in [-0.25, -0.2) is 0 Å². The van der Waals surface area contributed by atoms with Gasteiger partial charge < -0.3 is 14.6 Å². The fraction of sp³-hybridized carbons (Fsp3) is 0.261. The fourth-order valence-corrected chi connectivity index (χ4v) is 3.81. The molecule has 30 heavy (non-hydrogen) atoms. The van der Waals surface area contributed by atoms with Gasteiger partial charge in [-0.05, 0) is 37.6 Å². The molecule has 3 aromatic rings. The average molecular weight is 424 g/mol. The third kappa shape index (κ3) is 5.52. The second kappa shape index (κ2) is 10.1. The smallest absolute Gasteiger partial charge is 0.279 e. The molecule has 0 radical (unpaired) electrons. The zero-order valence-electron chi connectivity index (χ0n) is 17.3. The number of carbonyl (C=O) groups excluding carboxylic acids is 2. The maximum absolute atomic E-state index is 12.6. The molecule has 156 valence electrons. The number of amides is 2. The minimum Gasteiger partial charge on any atom is -0.383 e. The summed E-state index contributed by atoms with van der Waals surface area (Å²) in [6, 6.07) is 14.8. The summed E-state index contributed by atoms with van der Waals surface area (Å²) in [5.41, 5.74) is 3.10. The molecule has 1 aromatic heterocycles. The van der Waals surface area contributed by atoms with Gasteiger partial charge in [0.25, 0.3) is 11.8 Å². The van der Waals surface area contributed by atoms with E-state index in [1.807, 2.05) is 54.9 Å². The predicted molar refractivity (Wildman–Crippen MR) is 118 cm³/mol. The normalized spacial score (nSPS) is 11.5. The number of thiazole rings is 1. The van der Waals surface area contributed by atoms with E-state index >= 15 is 0 Å². The number of ether oxygens (including phenoxy) is 1. The van der Waals surface area contributed by atoms with Gasteiger partial charge in [-0.1, -0.05) is 35.9 Å². The van der Waals surface area contributed by atoms with Crippen molar-refractivity contribution in [2.24, 2.45) is 4.99 Å². The van der Waals surface area contributed by atoms with Gasteiger partial charge in [0.1, 0.15) is 0 Å². The third-order valence-electron chi connectivity index (χ3n) is 4.53. The SMILES string of the molecule is COCCNC(=O)c1ccccc1Cn1cc(C)sc1=NC(=O)c1ccc(C)cc1. The lowest BCUT2D eigenvalue weighted by Gasteiger charge is -2.11. The molecule has 3 rings (SSSR count). The lowest BCUT2D eigenvalue weighted by Crippen LogP contribution is -2.28. The number of aromatic nitrogens is 1. The van der Waals surface area contributed by atoms with Crippen molar-refractivity contribution in [3.63, 3.8) is 0 Å². The van der Waals surface area contributed by atoms with Crippen molar-refractivity contribution in [1.82, 2.24) is 9.88 Å². The molecule has 0 spiro atoms. The summed E-state index contributed by atoms with van der Waals surface area (Å²) in [4.78, 5) is 31.1. The number of hydrogen-bond donors (Lipinski definition) is 1. The molecule has 0 bridgehead atoms. The lowest BCUT2D eigenvalue weighted by molar-refractivity contribution is 0.0935. The molecule has 2 aromatic carbocycles. The molecule has 0 aliphatic carbocycles. The number of rotatable bonds is 7. The number of hydrogen-bond acceptors (Lipinski definition) is 4. The molecule has 0 saturated heterocycles. The van der Waals surface area contributed by atoms with Gasteiger partial charge in [0.2, 0.25) is 0 Å². The Bertz CT molecular complexity index is 1100. The van der Waals surface area contributed by atoms with Crippen LogP contribution in [0.2, 0.25) is 0 Å². The third-order valence-corrected chi connectivity index (χ3v) is 5.46. The Hall–Kier alpha value is -3.03. The van der Waals surface area contributed by atoms with Gasteiger partial charge in [-0.2, -0.15) is 4.99 Å². The van der Waals surface area contributed by atoms with Crippen LogP contribution in [0.5, 0.6) is 0 Å². The molecule has 1 heterocycles. The highest BCUT2D eigenvalue weighted by atomic mass is 32.1. The highest BCUT2D eigenvalue weighted by Gasteiger charge is 2.12. The van der Waals surface area contributed by atoms with Crippen molar-refractivity contribution in [2.75, 3.05) is 20.3 Å². The van der Waals surface area contributed by atoms with Crippen LogP contribution in [0.25, 0.3) is 0 Å². The summed E-state index contributed by atoms with van der Waals surface area (Å²) in [5.74, 6) is -0.430. The quantitative estimate of drug-likeness (QED) is 0.593. The first-order valence-corrected chi connectivity index (χ1v) is 10.5. The highest BCUT2D eigenvalue weighted by molar-refractivity contribution is 7.09. The van der Waals surface area contributed by atoms with Crippen LogP contribution in [0, 0.1) is 13.8 Å². The minimum absolute atomic E-state index is 0.149. The summed E-state index contributed by atoms with van der Waals surface area (Å²) in [6.45, 7) is 5.29. The largest absolute Gasteiger partial charge is 0.383 e. The van der Waals surface area contributed by atoms with Crippen molar-refractivity contribution < 1.29 is 14.3 Å². The second-order valence-corrected chi connectivity index (χ2v) is 8.15. The van der Waals surface area contributed by atoms with E-state index in [-0.39, 0.29) is 11.8 Å². The zero-order valence-corrected chi connectivity index (χ0v) is 18.2. The van der Waals surface area contributed by atoms with E-state index in [1.54, 1.807) is 25.3 Å². The monoisotopic (exact) mass is 423 g/mol. The first-order chi connectivity index (χ1) is 14.5. The maximum Gasteiger partial charge on any atom is 0.279 e. The van der Waals surface area contributed by atoms with Crippen LogP contribution >= 0.6 is 11.3 Å². The number of methoxy groups -OCH3 is 1. The van der Waals surface area contributed by atoms with Crippen LogP contribution in [0.4, 0.5) is 0 Å². The minimum atomic E-state index is -0.281. The Morgan fingerprint density at radius 3 is 2.57 bits per heavy atom. The number of carbonyl (C=O) groups is 2. The Kier molecular flexibility index (Phi) is 7.32. The summed E-state index contributed by atoms with van der Waals surface area (Å²) in [7, 11) is 1.60. The molecule has 0 unspecified atom stereocenters. The average Bonchev–Trinajstić information content (AvgIpc) is 3.07. The first kappa shape index (κ1) is 21.7. The summed E-state index contributed by atoms with van der Waals surface area (Å²) in [6.07, 6.45) is 1.95. The van der Waals surface area contributed by atoms with Crippen molar-refractivity contribution in [3.05, 3.63) is 86.7 Å². The summed E-state index contributed by atoms with van der Waals surface area (Å²) >= 11 is 1.45. The highest BCUT2D eigenvalue weighted by Crippen LogP contribution is 2.12. The molecule has 0 aliphatic heterocycles. The van der Waals surface area contributed by atoms with Crippen molar-refractivity contribution >= 4 is 23.2 Å². The van der Waals surface area contributed by atoms with Crippen LogP contribution in [0.1, 0.15) is 36.7 Å². The molecule has 0 aliphatic rings. The van der Waals surface area contributed by atoms with E-state index < -0.39 is 0 Å². The van der Waals surface area contributed by atoms with Gasteiger partial charge in [0, 0.05) is 35.9 Å². The topological polar surface area (TPSA) is 72.7 Å². The van der Waals surface area contributed by atoms with E-state index in [0.29, 0.717) is 35.6 Å². The lowest BCUT2D eigenvalue weighted by atomic mass is 10.1. The van der Waals surface area contributed by atoms with Crippen LogP contribution in [-0.4, -0.2) is 36.6 Å². The molecule has 0 fully saturated rings. The Balaban J connectivity index is 1.88. The molecular weight excluding hydrogens is 398 g/mol. The summed E-state index contributed by atoms with van der Waals surface area (Å²) < 4.78 is 6.90. The van der Waals surface area contributed by atoms with Crippen LogP contribution in [-0.2, 0) is 11.3 Å². The van der Waals surface area contributed by atoms with E-state index in [2.05, 4.69) is 10.3 Å². The zero-order chi connectivity index (χ0) is 21.5. The molecule has 0 saturated carbocycles. The van der Waals surface area contributed by atoms with Gasteiger partial charge in [-0.3, -0.25) is 9.59 Å². The van der Waals surface area contributed by atoms with E-state index in [4.69, 9.17) is 4.74 Å². The number of aryl methyl sites for hydroxylation is 2. The molecule has 2 amide bonds. The molecular formula is C23H25N3O3S. The van der Waals surface area contributed by atoms with Gasteiger partial charge in [-0.15, -0.1) is 11.3 Å². The maximum atomic E-state index is 12.6. The van der Waals surface area contributed by atoms with Gasteiger partial charge in [0.05, 0.1) is 13.2 Å². The number of nitrogens with one attached hydrogen (secondary N) is 1. The van der Waals surface area contributed by atoms with Crippen LogP contribution in [0.15, 0.2) is 59.7 Å². The van der Waals surface area contributed by atoms with Crippen molar-refractivity contribution in [2.45, 2.75) is 20.4 Å². The first-order valence-electron chi connectivity index (χ1n) is 9.65. The fourth-order valence-electron chi connectivity index (χ4n) is 2.98. The van der Waals surface area contributed by atoms with E-state index in [1.165, 1.54) is 11.3 Å². The van der Waals surface area contributed by atoms with Crippen molar-refractivity contribution in [1.29, 1.82) is 0 Å². The molecule has 1 N–H and O–H groups in total. The second-order valence-electron chi connectivity index (χ2n) is 6.94. The molecule has 0 atom stereocenters. The standard InChI is InChI=1S/C23H25N3O3S/c1-16-8-10-18(11-9-16)21(27)25-23-26(14-17(2)30-23)15-19-6-4-5-7-20(19)22(28)24-12-13-29-3/h4-11,14H,12-13,15H2,1-3H3,(H,24,28). The number of benzene rings is 2. The number of nitrogens with zero attached hydrogens (tertiary/aromatic N) is 2. The van der Waals surface area contributed by atoms with Crippen LogP contribution in [0.3, 0.4) is 0 Å². The van der Waals surface area contributed by atoms with Crippen LogP contribution < -0.4 is 10.1 Å². The van der Waals surface area contributed by atoms with Gasteiger partial charge in [0.15, 0.2) is 4.80 Å². The van der Waals surface area contributed by atoms with Crippen molar-refractivity contribution in [3.8, 4) is 0 Å². The molecule has 6 nitrogen and oxygen atoms in total. The van der Waals surface area contributed by atoms with E-state index in [0.717, 1.165) is 16.0 Å².